The Bertz CT molecular complexity index is 1930. The van der Waals surface area contributed by atoms with E-state index in [2.05, 4.69) is 4.98 Å². The molecule has 8 nitrogen and oxygen atoms in total. The van der Waals surface area contributed by atoms with Crippen LogP contribution >= 0.6 is 0 Å². The van der Waals surface area contributed by atoms with Crippen molar-refractivity contribution < 1.29 is 26.4 Å². The van der Waals surface area contributed by atoms with Gasteiger partial charge in [0.05, 0.1) is 17.5 Å². The van der Waals surface area contributed by atoms with Gasteiger partial charge in [-0.2, -0.15) is 4.98 Å². The lowest BCUT2D eigenvalue weighted by molar-refractivity contribution is 0.0989. The Morgan fingerprint density at radius 3 is 2.57 bits per heavy atom. The van der Waals surface area contributed by atoms with Crippen LogP contribution < -0.4 is 9.21 Å². The summed E-state index contributed by atoms with van der Waals surface area (Å²) < 4.78 is 53.4. The van der Waals surface area contributed by atoms with Crippen molar-refractivity contribution in [3.63, 3.8) is 0 Å². The van der Waals surface area contributed by atoms with Gasteiger partial charge in [0.2, 0.25) is 10.0 Å². The van der Waals surface area contributed by atoms with E-state index < -0.39 is 15.8 Å². The highest BCUT2D eigenvalue weighted by atomic mass is 32.2. The third kappa shape index (κ3) is 4.93. The van der Waals surface area contributed by atoms with Gasteiger partial charge in [0.1, 0.15) is 16.9 Å². The minimum Gasteiger partial charge on any atom is -0.455 e. The van der Waals surface area contributed by atoms with Crippen LogP contribution in [-0.2, 0) is 10.0 Å². The smallest absolute Gasteiger partial charge is 0.298 e. The Morgan fingerprint density at radius 1 is 1.12 bits per heavy atom. The van der Waals surface area contributed by atoms with Crippen molar-refractivity contribution in [1.82, 2.24) is 4.98 Å². The van der Waals surface area contributed by atoms with Gasteiger partial charge in [-0.3, -0.25) is 9.10 Å². The highest BCUT2D eigenvalue weighted by Crippen LogP contribution is 2.43. The molecule has 1 aliphatic rings. The first-order valence-electron chi connectivity index (χ1n) is 14.0. The molecule has 6 rings (SSSR count). The molecule has 42 heavy (non-hydrogen) atoms. The zero-order chi connectivity index (χ0) is 29.8. The lowest BCUT2D eigenvalue weighted by Gasteiger charge is -2.34. The predicted octanol–water partition coefficient (Wildman–Crippen LogP) is 7.06. The molecule has 218 valence electrons. The Balaban J connectivity index is 1.50. The normalized spacial score (nSPS) is 15.9. The highest BCUT2D eigenvalue weighted by molar-refractivity contribution is 7.92. The Hall–Kier alpha value is -4.18. The third-order valence-electron chi connectivity index (χ3n) is 8.08. The molecule has 1 aliphatic heterocycles. The lowest BCUT2D eigenvalue weighted by atomic mass is 9.88. The van der Waals surface area contributed by atoms with Crippen LogP contribution in [0.15, 0.2) is 63.4 Å². The van der Waals surface area contributed by atoms with Gasteiger partial charge in [0.25, 0.3) is 6.01 Å². The number of aromatic nitrogens is 1. The maximum absolute atomic E-state index is 14.3. The fourth-order valence-corrected chi connectivity index (χ4v) is 6.25. The molecular formula is C32H32FN3O5S. The number of ketones is 1. The second kappa shape index (κ2) is 10.6. The second-order valence-corrected chi connectivity index (χ2v) is 13.0. The number of benzene rings is 3. The topological polar surface area (TPSA) is 96.9 Å². The van der Waals surface area contributed by atoms with Crippen LogP contribution in [0.4, 0.5) is 16.1 Å². The van der Waals surface area contributed by atoms with Crippen LogP contribution in [-0.4, -0.2) is 45.6 Å². The van der Waals surface area contributed by atoms with Gasteiger partial charge < -0.3 is 13.7 Å². The van der Waals surface area contributed by atoms with Crippen LogP contribution in [0.5, 0.6) is 0 Å². The molecule has 3 heterocycles. The van der Waals surface area contributed by atoms with Crippen molar-refractivity contribution in [3.8, 4) is 11.3 Å². The summed E-state index contributed by atoms with van der Waals surface area (Å²) in [6, 6.07) is 16.3. The molecule has 1 fully saturated rings. The molecule has 0 amide bonds. The van der Waals surface area contributed by atoms with E-state index >= 15 is 0 Å². The van der Waals surface area contributed by atoms with E-state index in [1.165, 1.54) is 17.4 Å². The van der Waals surface area contributed by atoms with Gasteiger partial charge in [0.15, 0.2) is 17.2 Å². The number of fused-ring (bicyclic) bond motifs is 2. The highest BCUT2D eigenvalue weighted by Gasteiger charge is 2.31. The predicted molar refractivity (Wildman–Crippen MR) is 162 cm³/mol. The number of carbonyl (C=O) groups excluding carboxylic acids is 1. The molecule has 0 aliphatic carbocycles. The summed E-state index contributed by atoms with van der Waals surface area (Å²) in [4.78, 5) is 19.7. The quantitative estimate of drug-likeness (QED) is 0.188. The summed E-state index contributed by atoms with van der Waals surface area (Å²) in [5.74, 6) is -0.153. The minimum absolute atomic E-state index is 0.0572. The van der Waals surface area contributed by atoms with Gasteiger partial charge >= 0.3 is 0 Å². The average Bonchev–Trinajstić information content (AvgIpc) is 3.58. The number of hydrogen-bond donors (Lipinski definition) is 0. The summed E-state index contributed by atoms with van der Waals surface area (Å²) in [6.07, 6.45) is 3.01. The number of oxazole rings is 1. The van der Waals surface area contributed by atoms with E-state index in [1.54, 1.807) is 18.2 Å². The standard InChI is InChI=1S/C32H32FN3O5S/c1-5-26(37)29-23-16-22(21-8-7-15-36(18-21)32-34-30-24(33)9-6-10-27(30)41-32)25(35(3)42(4,38)39)17-28(23)40-31(29)20-13-11-19(2)12-14-20/h6,9-14,16-17,21H,5,7-8,15,18H2,1-4H3/t21-/m0/s1. The summed E-state index contributed by atoms with van der Waals surface area (Å²) >= 11 is 0. The first-order chi connectivity index (χ1) is 20.0. The van der Waals surface area contributed by atoms with E-state index in [9.17, 15) is 17.6 Å². The lowest BCUT2D eigenvalue weighted by Crippen LogP contribution is -2.35. The molecule has 5 aromatic rings. The van der Waals surface area contributed by atoms with Crippen molar-refractivity contribution in [2.24, 2.45) is 0 Å². The zero-order valence-corrected chi connectivity index (χ0v) is 24.8. The first kappa shape index (κ1) is 28.0. The first-order valence-corrected chi connectivity index (χ1v) is 15.8. The van der Waals surface area contributed by atoms with Crippen molar-refractivity contribution in [1.29, 1.82) is 0 Å². The van der Waals surface area contributed by atoms with Gasteiger partial charge in [-0.15, -0.1) is 0 Å². The monoisotopic (exact) mass is 589 g/mol. The number of rotatable bonds is 7. The molecule has 2 aromatic heterocycles. The Labute approximate surface area is 243 Å². The van der Waals surface area contributed by atoms with E-state index in [-0.39, 0.29) is 17.2 Å². The molecule has 0 saturated carbocycles. The number of sulfonamides is 1. The van der Waals surface area contributed by atoms with Crippen LogP contribution in [0.3, 0.4) is 0 Å². The molecule has 0 unspecified atom stereocenters. The number of nitrogens with zero attached hydrogens (tertiary/aromatic N) is 3. The van der Waals surface area contributed by atoms with Crippen molar-refractivity contribution in [3.05, 3.63) is 77.1 Å². The molecule has 0 N–H and O–H groups in total. The maximum Gasteiger partial charge on any atom is 0.298 e. The van der Waals surface area contributed by atoms with Gasteiger partial charge in [-0.1, -0.05) is 42.8 Å². The SMILES string of the molecule is CCC(=O)c1c(-c2ccc(C)cc2)oc2cc(N(C)S(C)(=O)=O)c([C@H]3CCCN(c4nc5c(F)cccc5o4)C3)cc12. The zero-order valence-electron chi connectivity index (χ0n) is 24.0. The Morgan fingerprint density at radius 2 is 1.88 bits per heavy atom. The summed E-state index contributed by atoms with van der Waals surface area (Å²) in [5, 5.41) is 0.652. The van der Waals surface area contributed by atoms with Gasteiger partial charge in [-0.25, -0.2) is 12.8 Å². The fraction of sp³-hybridized carbons (Fsp3) is 0.312. The van der Waals surface area contributed by atoms with E-state index in [0.717, 1.165) is 35.8 Å². The van der Waals surface area contributed by atoms with Crippen molar-refractivity contribution >= 4 is 49.6 Å². The van der Waals surface area contributed by atoms with Crippen LogP contribution in [0.2, 0.25) is 0 Å². The molecule has 10 heteroatoms. The Kier molecular flexibility index (Phi) is 7.04. The summed E-state index contributed by atoms with van der Waals surface area (Å²) in [5.41, 5.74) is 4.62. The number of Topliss-reactive ketones (excluding diaryl/α,β-unsaturated/α-hetero) is 1. The fourth-order valence-electron chi connectivity index (χ4n) is 5.73. The summed E-state index contributed by atoms with van der Waals surface area (Å²) in [7, 11) is -2.10. The maximum atomic E-state index is 14.3. The van der Waals surface area contributed by atoms with Crippen LogP contribution in [0, 0.1) is 12.7 Å². The number of halogens is 1. The average molecular weight is 590 g/mol. The molecule has 3 aromatic carbocycles. The van der Waals surface area contributed by atoms with Crippen LogP contribution in [0.25, 0.3) is 33.4 Å². The largest absolute Gasteiger partial charge is 0.455 e. The van der Waals surface area contributed by atoms with E-state index in [0.29, 0.717) is 59.1 Å². The number of furan rings is 1. The van der Waals surface area contributed by atoms with Gasteiger partial charge in [0, 0.05) is 49.5 Å². The molecule has 1 saturated heterocycles. The number of carbonyl (C=O) groups is 1. The molecule has 0 spiro atoms. The van der Waals surface area contributed by atoms with Gasteiger partial charge in [-0.05, 0) is 43.5 Å². The number of aryl methyl sites for hydroxylation is 1. The molecular weight excluding hydrogens is 557 g/mol. The number of para-hydroxylation sites is 1. The van der Waals surface area contributed by atoms with Crippen LogP contribution in [0.1, 0.15) is 53.6 Å². The minimum atomic E-state index is -3.62. The molecule has 0 radical (unpaired) electrons. The number of piperidine rings is 1. The molecule has 0 bridgehead atoms. The van der Waals surface area contributed by atoms with E-state index in [4.69, 9.17) is 8.83 Å². The molecule has 1 atom stereocenters. The van der Waals surface area contributed by atoms with E-state index in [1.807, 2.05) is 49.1 Å². The second-order valence-electron chi connectivity index (χ2n) is 11.0. The summed E-state index contributed by atoms with van der Waals surface area (Å²) in [6.45, 7) is 4.94. The van der Waals surface area contributed by atoms with Crippen molar-refractivity contribution in [2.75, 3.05) is 35.6 Å². The third-order valence-corrected chi connectivity index (χ3v) is 9.27. The number of anilines is 2. The number of hydrogen-bond acceptors (Lipinski definition) is 7. The van der Waals surface area contributed by atoms with Crippen molar-refractivity contribution in [2.45, 2.75) is 39.0 Å².